The summed E-state index contributed by atoms with van der Waals surface area (Å²) in [6.45, 7) is 3.92. The number of nitro groups is 1. The predicted molar refractivity (Wildman–Crippen MR) is 112 cm³/mol. The Balaban J connectivity index is 2.01. The zero-order valence-electron chi connectivity index (χ0n) is 16.8. The Morgan fingerprint density at radius 3 is 2.41 bits per heavy atom. The molecule has 0 spiro atoms. The molecule has 7 heteroatoms. The number of ether oxygens (including phenoxy) is 2. The first-order valence-electron chi connectivity index (χ1n) is 9.13. The number of rotatable bonds is 6. The lowest BCUT2D eigenvalue weighted by Gasteiger charge is -2.33. The maximum absolute atomic E-state index is 10.9. The van der Waals surface area contributed by atoms with E-state index in [2.05, 4.69) is 10.2 Å². The summed E-state index contributed by atoms with van der Waals surface area (Å²) in [6.07, 6.45) is 3.69. The second kappa shape index (κ2) is 8.36. The predicted octanol–water partition coefficient (Wildman–Crippen LogP) is 5.50. The highest BCUT2D eigenvalue weighted by atomic mass is 16.6. The highest BCUT2D eigenvalue weighted by molar-refractivity contribution is 5.81. The van der Waals surface area contributed by atoms with Crippen LogP contribution in [0, 0.1) is 10.1 Å². The number of benzene rings is 2. The average Bonchev–Trinajstić information content (AvgIpc) is 2.74. The third-order valence-corrected chi connectivity index (χ3v) is 4.94. The van der Waals surface area contributed by atoms with Crippen LogP contribution in [0.15, 0.2) is 76.5 Å². The lowest BCUT2D eigenvalue weighted by molar-refractivity contribution is -0.384. The minimum Gasteiger partial charge on any atom is -0.494 e. The van der Waals surface area contributed by atoms with Crippen LogP contribution in [0.4, 0.5) is 11.4 Å². The van der Waals surface area contributed by atoms with Crippen LogP contribution >= 0.6 is 0 Å². The molecule has 0 saturated heterocycles. The van der Waals surface area contributed by atoms with Crippen molar-refractivity contribution in [3.05, 3.63) is 81.9 Å². The maximum Gasteiger partial charge on any atom is 0.269 e. The van der Waals surface area contributed by atoms with Crippen LogP contribution in [0.25, 0.3) is 5.57 Å². The van der Waals surface area contributed by atoms with Gasteiger partial charge in [0.25, 0.3) is 5.69 Å². The van der Waals surface area contributed by atoms with Crippen LogP contribution in [0.5, 0.6) is 5.75 Å². The molecule has 1 aliphatic carbocycles. The van der Waals surface area contributed by atoms with Gasteiger partial charge in [0, 0.05) is 19.2 Å². The molecule has 2 unspecified atom stereocenters. The number of methoxy groups -OCH3 is 2. The molecule has 0 saturated carbocycles. The Morgan fingerprint density at radius 2 is 1.79 bits per heavy atom. The second-order valence-corrected chi connectivity index (χ2v) is 6.97. The Kier molecular flexibility index (Phi) is 5.89. The van der Waals surface area contributed by atoms with Gasteiger partial charge in [-0.05, 0) is 67.0 Å². The number of hydrogen-bond acceptors (Lipinski definition) is 6. The van der Waals surface area contributed by atoms with Crippen molar-refractivity contribution in [2.75, 3.05) is 14.2 Å². The molecule has 2 atom stereocenters. The maximum atomic E-state index is 10.9. The number of allylic oxidation sites excluding steroid dienone is 2. The van der Waals surface area contributed by atoms with Crippen LogP contribution in [0.3, 0.4) is 0 Å². The quantitative estimate of drug-likeness (QED) is 0.368. The van der Waals surface area contributed by atoms with Gasteiger partial charge in [0.1, 0.15) is 23.1 Å². The molecule has 0 amide bonds. The first kappa shape index (κ1) is 20.4. The lowest BCUT2D eigenvalue weighted by Crippen LogP contribution is -2.38. The largest absolute Gasteiger partial charge is 0.494 e. The van der Waals surface area contributed by atoms with E-state index in [-0.39, 0.29) is 11.8 Å². The van der Waals surface area contributed by atoms with Gasteiger partial charge >= 0.3 is 0 Å². The highest BCUT2D eigenvalue weighted by Crippen LogP contribution is 2.38. The molecule has 2 aromatic rings. The van der Waals surface area contributed by atoms with Gasteiger partial charge in [0.15, 0.2) is 0 Å². The van der Waals surface area contributed by atoms with Crippen molar-refractivity contribution in [1.29, 1.82) is 0 Å². The van der Waals surface area contributed by atoms with Crippen LogP contribution < -0.4 is 4.74 Å². The van der Waals surface area contributed by atoms with Gasteiger partial charge in [-0.3, -0.25) is 10.1 Å². The third-order valence-electron chi connectivity index (χ3n) is 4.94. The normalized spacial score (nSPS) is 21.6. The lowest BCUT2D eigenvalue weighted by atomic mass is 9.82. The summed E-state index contributed by atoms with van der Waals surface area (Å²) in [7, 11) is 3.23. The van der Waals surface area contributed by atoms with Crippen molar-refractivity contribution in [2.24, 2.45) is 10.2 Å². The van der Waals surface area contributed by atoms with Crippen molar-refractivity contribution in [3.8, 4) is 5.75 Å². The van der Waals surface area contributed by atoms with E-state index in [0.29, 0.717) is 11.4 Å². The van der Waals surface area contributed by atoms with E-state index in [1.165, 1.54) is 12.1 Å². The second-order valence-electron chi connectivity index (χ2n) is 6.97. The number of nitrogens with zero attached hydrogens (tertiary/aromatic N) is 3. The van der Waals surface area contributed by atoms with Crippen LogP contribution in [-0.2, 0) is 4.74 Å². The van der Waals surface area contributed by atoms with Crippen molar-refractivity contribution >= 4 is 16.9 Å². The Hall–Kier alpha value is -3.32. The third kappa shape index (κ3) is 4.25. The van der Waals surface area contributed by atoms with Crippen molar-refractivity contribution in [2.45, 2.75) is 25.5 Å². The summed E-state index contributed by atoms with van der Waals surface area (Å²) in [5, 5.41) is 19.9. The van der Waals surface area contributed by atoms with Crippen molar-refractivity contribution in [3.63, 3.8) is 0 Å². The summed E-state index contributed by atoms with van der Waals surface area (Å²) in [4.78, 5) is 10.5. The molecule has 0 fully saturated rings. The average molecular weight is 393 g/mol. The van der Waals surface area contributed by atoms with Crippen LogP contribution in [0.2, 0.25) is 0 Å². The van der Waals surface area contributed by atoms with E-state index >= 15 is 0 Å². The molecule has 150 valence electrons. The number of para-hydroxylation sites is 1. The minimum atomic E-state index is -0.758. The molecule has 0 aliphatic heterocycles. The number of non-ortho nitro benzene ring substituents is 1. The monoisotopic (exact) mass is 393 g/mol. The van der Waals surface area contributed by atoms with E-state index < -0.39 is 10.5 Å². The molecule has 29 heavy (non-hydrogen) atoms. The van der Waals surface area contributed by atoms with E-state index in [4.69, 9.17) is 9.47 Å². The zero-order chi connectivity index (χ0) is 21.0. The number of azo groups is 1. The molecule has 0 radical (unpaired) electrons. The SMILES string of the molecule is COc1ccccc1N=NC1(C)C=C(c2ccc([N+](=O)[O-])cc2)C(C)=CC1OC. The van der Waals surface area contributed by atoms with Gasteiger partial charge in [-0.1, -0.05) is 12.1 Å². The first-order chi connectivity index (χ1) is 13.9. The van der Waals surface area contributed by atoms with Gasteiger partial charge in [-0.15, -0.1) is 0 Å². The standard InChI is InChI=1S/C22H23N3O4/c1-15-13-21(29-4)22(2,24-23-19-7-5-6-8-20(19)28-3)14-18(15)16-9-11-17(12-10-16)25(26)27/h5-14,21H,1-4H3. The van der Waals surface area contributed by atoms with Gasteiger partial charge in [-0.2, -0.15) is 10.2 Å². The number of hydrogen-bond donors (Lipinski definition) is 0. The van der Waals surface area contributed by atoms with Gasteiger partial charge in [-0.25, -0.2) is 0 Å². The van der Waals surface area contributed by atoms with Crippen LogP contribution in [0.1, 0.15) is 19.4 Å². The van der Waals surface area contributed by atoms with Crippen molar-refractivity contribution in [1.82, 2.24) is 0 Å². The molecular weight excluding hydrogens is 370 g/mol. The van der Waals surface area contributed by atoms with Gasteiger partial charge < -0.3 is 9.47 Å². The molecule has 0 heterocycles. The molecule has 0 aromatic heterocycles. The molecule has 0 N–H and O–H groups in total. The highest BCUT2D eigenvalue weighted by Gasteiger charge is 2.36. The number of nitro benzene ring substituents is 1. The van der Waals surface area contributed by atoms with E-state index in [1.807, 2.05) is 50.3 Å². The molecule has 7 nitrogen and oxygen atoms in total. The Morgan fingerprint density at radius 1 is 1.10 bits per heavy atom. The van der Waals surface area contributed by atoms with E-state index in [9.17, 15) is 10.1 Å². The molecule has 1 aliphatic rings. The van der Waals surface area contributed by atoms with Gasteiger partial charge in [0.05, 0.1) is 12.0 Å². The van der Waals surface area contributed by atoms with Crippen molar-refractivity contribution < 1.29 is 14.4 Å². The minimum absolute atomic E-state index is 0.0557. The zero-order valence-corrected chi connectivity index (χ0v) is 16.8. The summed E-state index contributed by atoms with van der Waals surface area (Å²) in [5.41, 5.74) is 2.75. The summed E-state index contributed by atoms with van der Waals surface area (Å²) >= 11 is 0. The fraction of sp³-hybridized carbons (Fsp3) is 0.273. The summed E-state index contributed by atoms with van der Waals surface area (Å²) in [5.74, 6) is 0.635. The Labute approximate surface area is 169 Å². The smallest absolute Gasteiger partial charge is 0.269 e. The summed E-state index contributed by atoms with van der Waals surface area (Å²) in [6, 6.07) is 13.9. The molecule has 0 bridgehead atoms. The summed E-state index contributed by atoms with van der Waals surface area (Å²) < 4.78 is 11.0. The van der Waals surface area contributed by atoms with E-state index in [1.54, 1.807) is 26.4 Å². The van der Waals surface area contributed by atoms with Gasteiger partial charge in [0.2, 0.25) is 0 Å². The fourth-order valence-electron chi connectivity index (χ4n) is 3.31. The van der Waals surface area contributed by atoms with Crippen LogP contribution in [-0.4, -0.2) is 30.8 Å². The molecule has 2 aromatic carbocycles. The topological polar surface area (TPSA) is 86.3 Å². The fourth-order valence-corrected chi connectivity index (χ4v) is 3.31. The molecule has 3 rings (SSSR count). The first-order valence-corrected chi connectivity index (χ1v) is 9.13. The molecular formula is C22H23N3O4. The van der Waals surface area contributed by atoms with E-state index in [0.717, 1.165) is 16.7 Å². The Bertz CT molecular complexity index is 995.